The van der Waals surface area contributed by atoms with Crippen LogP contribution in [0.2, 0.25) is 0 Å². The van der Waals surface area contributed by atoms with E-state index in [1.54, 1.807) is 6.07 Å². The Bertz CT molecular complexity index is 504. The van der Waals surface area contributed by atoms with Crippen LogP contribution in [0.5, 0.6) is 11.5 Å². The molecular formula is C15H18BrNO3. The minimum atomic E-state index is 0.0996. The minimum Gasteiger partial charge on any atom is -0.454 e. The number of likely N-dealkylation sites (tertiary alicyclic amines) is 1. The highest BCUT2D eigenvalue weighted by atomic mass is 79.9. The number of fused-ring (bicyclic) bond motifs is 1. The molecule has 2 aliphatic heterocycles. The molecule has 0 bridgehead atoms. The number of alkyl halides is 1. The maximum atomic E-state index is 12.6. The molecule has 0 N–H and O–H groups in total. The molecular weight excluding hydrogens is 322 g/mol. The molecule has 3 rings (SSSR count). The Hall–Kier alpha value is -1.23. The zero-order valence-electron chi connectivity index (χ0n) is 11.3. The van der Waals surface area contributed by atoms with E-state index in [1.165, 1.54) is 6.42 Å². The van der Waals surface area contributed by atoms with Gasteiger partial charge in [0.2, 0.25) is 6.79 Å². The first-order chi connectivity index (χ1) is 9.78. The minimum absolute atomic E-state index is 0.0996. The number of piperidine rings is 1. The molecule has 1 saturated heterocycles. The molecule has 1 fully saturated rings. The van der Waals surface area contributed by atoms with Crippen LogP contribution in [0.15, 0.2) is 18.2 Å². The molecule has 1 aromatic rings. The van der Waals surface area contributed by atoms with Crippen molar-refractivity contribution >= 4 is 21.8 Å². The third-order valence-corrected chi connectivity index (χ3v) is 4.40. The third kappa shape index (κ3) is 2.77. The van der Waals surface area contributed by atoms with E-state index in [4.69, 9.17) is 9.47 Å². The van der Waals surface area contributed by atoms with Gasteiger partial charge in [0.15, 0.2) is 11.5 Å². The lowest BCUT2D eigenvalue weighted by molar-refractivity contribution is 0.0671. The van der Waals surface area contributed by atoms with Crippen molar-refractivity contribution in [2.24, 2.45) is 5.92 Å². The topological polar surface area (TPSA) is 38.8 Å². The smallest absolute Gasteiger partial charge is 0.254 e. The first-order valence-electron chi connectivity index (χ1n) is 7.03. The van der Waals surface area contributed by atoms with E-state index in [-0.39, 0.29) is 12.7 Å². The summed E-state index contributed by atoms with van der Waals surface area (Å²) in [5.74, 6) is 2.10. The molecule has 20 heavy (non-hydrogen) atoms. The van der Waals surface area contributed by atoms with Crippen LogP contribution < -0.4 is 9.47 Å². The lowest BCUT2D eigenvalue weighted by Gasteiger charge is -2.32. The van der Waals surface area contributed by atoms with Crippen LogP contribution in [0.4, 0.5) is 0 Å². The lowest BCUT2D eigenvalue weighted by Crippen LogP contribution is -2.40. The number of halogens is 1. The number of carbonyl (C=O) groups excluding carboxylic acids is 1. The number of ether oxygens (including phenoxy) is 2. The fraction of sp³-hybridized carbons (Fsp3) is 0.533. The molecule has 0 aliphatic carbocycles. The molecule has 0 radical (unpaired) electrons. The van der Waals surface area contributed by atoms with Crippen molar-refractivity contribution in [2.75, 3.05) is 25.2 Å². The Morgan fingerprint density at radius 1 is 1.35 bits per heavy atom. The normalized spacial score (nSPS) is 21.1. The van der Waals surface area contributed by atoms with Crippen molar-refractivity contribution < 1.29 is 14.3 Å². The van der Waals surface area contributed by atoms with Crippen LogP contribution >= 0.6 is 15.9 Å². The summed E-state index contributed by atoms with van der Waals surface area (Å²) in [5.41, 5.74) is 0.689. The van der Waals surface area contributed by atoms with Crippen molar-refractivity contribution in [3.8, 4) is 11.5 Å². The van der Waals surface area contributed by atoms with Crippen LogP contribution in [-0.2, 0) is 0 Å². The van der Waals surface area contributed by atoms with Gasteiger partial charge in [-0.3, -0.25) is 4.79 Å². The summed E-state index contributed by atoms with van der Waals surface area (Å²) in [6.45, 7) is 1.95. The molecule has 1 aromatic carbocycles. The summed E-state index contributed by atoms with van der Waals surface area (Å²) in [6, 6.07) is 5.43. The highest BCUT2D eigenvalue weighted by Gasteiger charge is 2.25. The Kier molecular flexibility index (Phi) is 4.15. The largest absolute Gasteiger partial charge is 0.454 e. The van der Waals surface area contributed by atoms with Crippen molar-refractivity contribution in [1.29, 1.82) is 0 Å². The zero-order chi connectivity index (χ0) is 13.9. The average molecular weight is 340 g/mol. The highest BCUT2D eigenvalue weighted by molar-refractivity contribution is 9.09. The van der Waals surface area contributed by atoms with Gasteiger partial charge in [0.1, 0.15) is 0 Å². The maximum Gasteiger partial charge on any atom is 0.254 e. The first-order valence-corrected chi connectivity index (χ1v) is 8.15. The van der Waals surface area contributed by atoms with Crippen LogP contribution in [0.1, 0.15) is 29.6 Å². The van der Waals surface area contributed by atoms with Crippen LogP contribution in [-0.4, -0.2) is 36.0 Å². The Morgan fingerprint density at radius 3 is 3.05 bits per heavy atom. The van der Waals surface area contributed by atoms with Crippen molar-refractivity contribution in [3.63, 3.8) is 0 Å². The average Bonchev–Trinajstić information content (AvgIpc) is 2.94. The van der Waals surface area contributed by atoms with Gasteiger partial charge in [-0.05, 0) is 43.4 Å². The Balaban J connectivity index is 1.72. The maximum absolute atomic E-state index is 12.6. The SMILES string of the molecule is O=C(c1ccc2c(c1)OCO2)N1CCCC(CCBr)C1. The molecule has 4 nitrogen and oxygen atoms in total. The van der Waals surface area contributed by atoms with Gasteiger partial charge in [-0.1, -0.05) is 15.9 Å². The second-order valence-corrected chi connectivity index (χ2v) is 6.10. The molecule has 2 aliphatic rings. The van der Waals surface area contributed by atoms with Crippen molar-refractivity contribution in [3.05, 3.63) is 23.8 Å². The van der Waals surface area contributed by atoms with Crippen LogP contribution in [0, 0.1) is 5.92 Å². The van der Waals surface area contributed by atoms with E-state index in [0.29, 0.717) is 17.2 Å². The van der Waals surface area contributed by atoms with Crippen molar-refractivity contribution in [2.45, 2.75) is 19.3 Å². The standard InChI is InChI=1S/C15H18BrNO3/c16-6-5-11-2-1-7-17(9-11)15(18)12-3-4-13-14(8-12)20-10-19-13/h3-4,8,11H,1-2,5-7,9-10H2. The van der Waals surface area contributed by atoms with Gasteiger partial charge in [0.05, 0.1) is 0 Å². The van der Waals surface area contributed by atoms with E-state index in [0.717, 1.165) is 37.0 Å². The van der Waals surface area contributed by atoms with Gasteiger partial charge in [-0.15, -0.1) is 0 Å². The predicted octanol–water partition coefficient (Wildman–Crippen LogP) is 3.05. The molecule has 0 aromatic heterocycles. The number of carbonyl (C=O) groups is 1. The van der Waals surface area contributed by atoms with Gasteiger partial charge in [-0.25, -0.2) is 0 Å². The van der Waals surface area contributed by atoms with Gasteiger partial charge in [0.25, 0.3) is 5.91 Å². The van der Waals surface area contributed by atoms with Crippen LogP contribution in [0.3, 0.4) is 0 Å². The van der Waals surface area contributed by atoms with Crippen molar-refractivity contribution in [1.82, 2.24) is 4.90 Å². The monoisotopic (exact) mass is 339 g/mol. The Morgan fingerprint density at radius 2 is 2.20 bits per heavy atom. The van der Waals surface area contributed by atoms with Crippen LogP contribution in [0.25, 0.3) is 0 Å². The summed E-state index contributed by atoms with van der Waals surface area (Å²) < 4.78 is 10.6. The molecule has 1 atom stereocenters. The van der Waals surface area contributed by atoms with E-state index < -0.39 is 0 Å². The molecule has 2 heterocycles. The number of nitrogens with zero attached hydrogens (tertiary/aromatic N) is 1. The number of hydrogen-bond donors (Lipinski definition) is 0. The fourth-order valence-corrected chi connectivity index (χ4v) is 3.50. The lowest BCUT2D eigenvalue weighted by atomic mass is 9.95. The quantitative estimate of drug-likeness (QED) is 0.794. The predicted molar refractivity (Wildman–Crippen MR) is 79.6 cm³/mol. The molecule has 1 amide bonds. The van der Waals surface area contributed by atoms with E-state index >= 15 is 0 Å². The summed E-state index contributed by atoms with van der Waals surface area (Å²) in [4.78, 5) is 14.5. The molecule has 5 heteroatoms. The Labute approximate surface area is 127 Å². The molecule has 1 unspecified atom stereocenters. The van der Waals surface area contributed by atoms with Gasteiger partial charge in [-0.2, -0.15) is 0 Å². The summed E-state index contributed by atoms with van der Waals surface area (Å²) in [5, 5.41) is 1.00. The molecule has 108 valence electrons. The fourth-order valence-electron chi connectivity index (χ4n) is 2.85. The zero-order valence-corrected chi connectivity index (χ0v) is 12.9. The number of amides is 1. The second kappa shape index (κ2) is 6.04. The summed E-state index contributed by atoms with van der Waals surface area (Å²) in [7, 11) is 0. The molecule has 0 saturated carbocycles. The summed E-state index contributed by atoms with van der Waals surface area (Å²) >= 11 is 3.49. The number of hydrogen-bond acceptors (Lipinski definition) is 3. The van der Waals surface area contributed by atoms with Gasteiger partial charge >= 0.3 is 0 Å². The number of benzene rings is 1. The highest BCUT2D eigenvalue weighted by Crippen LogP contribution is 2.33. The van der Waals surface area contributed by atoms with Gasteiger partial charge in [0, 0.05) is 24.0 Å². The summed E-state index contributed by atoms with van der Waals surface area (Å²) in [6.07, 6.45) is 3.44. The van der Waals surface area contributed by atoms with Gasteiger partial charge < -0.3 is 14.4 Å². The first kappa shape index (κ1) is 13.7. The third-order valence-electron chi connectivity index (χ3n) is 3.94. The van der Waals surface area contributed by atoms with E-state index in [9.17, 15) is 4.79 Å². The number of rotatable bonds is 3. The molecule has 0 spiro atoms. The van der Waals surface area contributed by atoms with E-state index in [2.05, 4.69) is 15.9 Å². The van der Waals surface area contributed by atoms with E-state index in [1.807, 2.05) is 17.0 Å². The second-order valence-electron chi connectivity index (χ2n) is 5.31.